The molecule has 3 aromatic heterocycles. The molecule has 4 aromatic rings. The third-order valence-corrected chi connectivity index (χ3v) is 8.26. The van der Waals surface area contributed by atoms with Gasteiger partial charge in [0.2, 0.25) is 0 Å². The van der Waals surface area contributed by atoms with E-state index in [0.717, 1.165) is 36.2 Å². The molecule has 1 aliphatic rings. The van der Waals surface area contributed by atoms with Gasteiger partial charge < -0.3 is 9.64 Å². The van der Waals surface area contributed by atoms with Gasteiger partial charge >= 0.3 is 6.09 Å². The topological polar surface area (TPSA) is 107 Å². The first kappa shape index (κ1) is 25.8. The lowest BCUT2D eigenvalue weighted by Crippen LogP contribution is -2.42. The summed E-state index contributed by atoms with van der Waals surface area (Å²) in [5.74, 6) is 0.411. The molecule has 1 aliphatic heterocycles. The smallest absolute Gasteiger partial charge is 0.410 e. The van der Waals surface area contributed by atoms with Crippen LogP contribution in [0, 0.1) is 5.92 Å². The van der Waals surface area contributed by atoms with Crippen LogP contribution in [0.3, 0.4) is 0 Å². The van der Waals surface area contributed by atoms with E-state index in [1.165, 1.54) is 10.2 Å². The van der Waals surface area contributed by atoms with Crippen LogP contribution in [0.1, 0.15) is 39.3 Å². The molecule has 1 aromatic carbocycles. The molecule has 5 rings (SSSR count). The largest absolute Gasteiger partial charge is 0.444 e. The van der Waals surface area contributed by atoms with Gasteiger partial charge in [0.15, 0.2) is 5.65 Å². The number of fused-ring (bicyclic) bond motifs is 1. The summed E-state index contributed by atoms with van der Waals surface area (Å²) in [5, 5.41) is 0.705. The fourth-order valence-corrected chi connectivity index (χ4v) is 5.98. The Morgan fingerprint density at radius 1 is 1.03 bits per heavy atom. The number of piperidine rings is 1. The number of carbonyl (C=O) groups is 1. The molecule has 0 unspecified atom stereocenters. The van der Waals surface area contributed by atoms with Gasteiger partial charge in [-0.1, -0.05) is 18.2 Å². The Kier molecular flexibility index (Phi) is 6.92. The van der Waals surface area contributed by atoms with Crippen molar-refractivity contribution in [3.63, 3.8) is 0 Å². The molecule has 0 N–H and O–H groups in total. The zero-order valence-corrected chi connectivity index (χ0v) is 22.6. The number of carbonyl (C=O) groups excluding carboxylic acids is 1. The van der Waals surface area contributed by atoms with Gasteiger partial charge in [0.1, 0.15) is 11.9 Å². The zero-order valence-electron chi connectivity index (χ0n) is 21.7. The van der Waals surface area contributed by atoms with E-state index in [-0.39, 0.29) is 11.0 Å². The Morgan fingerprint density at radius 3 is 2.47 bits per heavy atom. The first-order valence-corrected chi connectivity index (χ1v) is 14.1. The molecule has 0 atom stereocenters. The normalized spacial score (nSPS) is 15.1. The molecule has 10 heteroatoms. The van der Waals surface area contributed by atoms with E-state index >= 15 is 0 Å². The molecule has 38 heavy (non-hydrogen) atoms. The quantitative estimate of drug-likeness (QED) is 0.358. The number of likely N-dealkylation sites (tertiary alicyclic amines) is 1. The van der Waals surface area contributed by atoms with E-state index in [9.17, 15) is 13.2 Å². The summed E-state index contributed by atoms with van der Waals surface area (Å²) in [6.45, 7) is 6.96. The van der Waals surface area contributed by atoms with Gasteiger partial charge in [-0.15, -0.1) is 0 Å². The standard InChI is InChI=1S/C28H31N5O4S/c1-28(2,3)37-27(34)32-12-9-20(10-13-32)15-23-17-25(31-19-30-23)22-16-21-11-14-33(26(21)29-18-22)38(35,36)24-7-5-4-6-8-24/h4-8,11,14,16-20H,9-10,12-13,15H2,1-3H3. The highest BCUT2D eigenvalue weighted by atomic mass is 32.2. The van der Waals surface area contributed by atoms with Crippen molar-refractivity contribution >= 4 is 27.1 Å². The molecule has 1 fully saturated rings. The maximum Gasteiger partial charge on any atom is 0.410 e. The lowest BCUT2D eigenvalue weighted by molar-refractivity contribution is 0.0184. The highest BCUT2D eigenvalue weighted by molar-refractivity contribution is 7.90. The SMILES string of the molecule is CC(C)(C)OC(=O)N1CCC(Cc2cc(-c3cnc4c(ccn4S(=O)(=O)c4ccccc4)c3)ncn2)CC1. The lowest BCUT2D eigenvalue weighted by Gasteiger charge is -2.33. The minimum absolute atomic E-state index is 0.209. The highest BCUT2D eigenvalue weighted by Gasteiger charge is 2.27. The van der Waals surface area contributed by atoms with Gasteiger partial charge in [0.25, 0.3) is 10.0 Å². The van der Waals surface area contributed by atoms with Crippen molar-refractivity contribution < 1.29 is 17.9 Å². The summed E-state index contributed by atoms with van der Waals surface area (Å²) < 4.78 is 32.9. The van der Waals surface area contributed by atoms with E-state index in [1.54, 1.807) is 53.8 Å². The predicted molar refractivity (Wildman–Crippen MR) is 144 cm³/mol. The summed E-state index contributed by atoms with van der Waals surface area (Å²) in [7, 11) is -3.75. The minimum atomic E-state index is -3.75. The number of hydrogen-bond acceptors (Lipinski definition) is 7. The van der Waals surface area contributed by atoms with Crippen LogP contribution in [0.4, 0.5) is 4.79 Å². The van der Waals surface area contributed by atoms with Crippen LogP contribution in [-0.4, -0.2) is 57.0 Å². The molecule has 198 valence electrons. The van der Waals surface area contributed by atoms with Crippen molar-refractivity contribution in [1.82, 2.24) is 23.8 Å². The fraction of sp³-hybridized carbons (Fsp3) is 0.357. The van der Waals surface area contributed by atoms with Crippen LogP contribution in [0.2, 0.25) is 0 Å². The molecule has 1 amide bonds. The van der Waals surface area contributed by atoms with Gasteiger partial charge in [-0.3, -0.25) is 0 Å². The van der Waals surface area contributed by atoms with Gasteiger partial charge in [0.05, 0.1) is 10.6 Å². The van der Waals surface area contributed by atoms with Crippen LogP contribution in [0.5, 0.6) is 0 Å². The average Bonchev–Trinajstić information content (AvgIpc) is 3.33. The molecule has 9 nitrogen and oxygen atoms in total. The van der Waals surface area contributed by atoms with E-state index in [1.807, 2.05) is 32.9 Å². The molecule has 1 saturated heterocycles. The second kappa shape index (κ2) is 10.2. The van der Waals surface area contributed by atoms with Crippen LogP contribution in [0.25, 0.3) is 22.3 Å². The second-order valence-electron chi connectivity index (χ2n) is 10.6. The van der Waals surface area contributed by atoms with Gasteiger partial charge in [0, 0.05) is 42.1 Å². The summed E-state index contributed by atoms with van der Waals surface area (Å²) in [6, 6.07) is 13.9. The Labute approximate surface area is 222 Å². The lowest BCUT2D eigenvalue weighted by atomic mass is 9.92. The fourth-order valence-electron chi connectivity index (χ4n) is 4.65. The van der Waals surface area contributed by atoms with Gasteiger partial charge in [-0.05, 0) is 76.3 Å². The van der Waals surface area contributed by atoms with Crippen molar-refractivity contribution in [2.45, 2.75) is 50.5 Å². The van der Waals surface area contributed by atoms with E-state index < -0.39 is 15.6 Å². The van der Waals surface area contributed by atoms with Crippen molar-refractivity contribution in [1.29, 1.82) is 0 Å². The molecule has 0 bridgehead atoms. The first-order valence-electron chi connectivity index (χ1n) is 12.7. The van der Waals surface area contributed by atoms with Crippen molar-refractivity contribution in [2.24, 2.45) is 5.92 Å². The van der Waals surface area contributed by atoms with Crippen LogP contribution < -0.4 is 0 Å². The maximum absolute atomic E-state index is 13.1. The second-order valence-corrected chi connectivity index (χ2v) is 12.4. The number of rotatable bonds is 5. The van der Waals surface area contributed by atoms with Crippen molar-refractivity contribution in [3.05, 3.63) is 72.9 Å². The number of hydrogen-bond donors (Lipinski definition) is 0. The Bertz CT molecular complexity index is 1550. The Morgan fingerprint density at radius 2 is 1.76 bits per heavy atom. The monoisotopic (exact) mass is 533 g/mol. The number of amides is 1. The molecule has 4 heterocycles. The average molecular weight is 534 g/mol. The minimum Gasteiger partial charge on any atom is -0.444 e. The van der Waals surface area contributed by atoms with Crippen LogP contribution >= 0.6 is 0 Å². The number of benzene rings is 1. The highest BCUT2D eigenvalue weighted by Crippen LogP contribution is 2.27. The van der Waals surface area contributed by atoms with Crippen molar-refractivity contribution in [3.8, 4) is 11.3 Å². The van der Waals surface area contributed by atoms with Crippen molar-refractivity contribution in [2.75, 3.05) is 13.1 Å². The zero-order chi connectivity index (χ0) is 26.9. The van der Waals surface area contributed by atoms with Gasteiger partial charge in [-0.25, -0.2) is 32.1 Å². The third kappa shape index (κ3) is 5.55. The van der Waals surface area contributed by atoms with Crippen LogP contribution in [0.15, 0.2) is 72.1 Å². The first-order chi connectivity index (χ1) is 18.1. The number of pyridine rings is 1. The Balaban J connectivity index is 1.29. The van der Waals surface area contributed by atoms with E-state index in [4.69, 9.17) is 4.74 Å². The maximum atomic E-state index is 13.1. The summed E-state index contributed by atoms with van der Waals surface area (Å²) in [6.07, 6.45) is 7.03. The summed E-state index contributed by atoms with van der Waals surface area (Å²) in [4.78, 5) is 27.7. The Hall–Kier alpha value is -3.79. The number of nitrogens with zero attached hydrogens (tertiary/aromatic N) is 5. The molecular formula is C28H31N5O4S. The molecule has 0 spiro atoms. The third-order valence-electron chi connectivity index (χ3n) is 6.58. The van der Waals surface area contributed by atoms with Crippen LogP contribution in [-0.2, 0) is 21.2 Å². The molecule has 0 saturated carbocycles. The summed E-state index contributed by atoms with van der Waals surface area (Å²) >= 11 is 0. The van der Waals surface area contributed by atoms with E-state index in [0.29, 0.717) is 30.0 Å². The van der Waals surface area contributed by atoms with E-state index in [2.05, 4.69) is 15.0 Å². The molecule has 0 radical (unpaired) electrons. The molecular weight excluding hydrogens is 502 g/mol. The molecule has 0 aliphatic carbocycles. The number of ether oxygens (including phenoxy) is 1. The van der Waals surface area contributed by atoms with Gasteiger partial charge in [-0.2, -0.15) is 0 Å². The number of aromatic nitrogens is 4. The predicted octanol–water partition coefficient (Wildman–Crippen LogP) is 4.92. The summed E-state index contributed by atoms with van der Waals surface area (Å²) in [5.41, 5.74) is 2.31.